The molecule has 1 heterocycles. The molecule has 0 radical (unpaired) electrons. The van der Waals surface area contributed by atoms with E-state index >= 15 is 0 Å². The number of rotatable bonds is 6. The zero-order valence-corrected chi connectivity index (χ0v) is 13.2. The number of aromatic nitrogens is 2. The molecule has 1 N–H and O–H groups in total. The average Bonchev–Trinajstić information content (AvgIpc) is 2.58. The summed E-state index contributed by atoms with van der Waals surface area (Å²) in [5.74, 6) is 0.716. The summed E-state index contributed by atoms with van der Waals surface area (Å²) in [6.07, 6.45) is 3.30. The molecule has 0 amide bonds. The van der Waals surface area contributed by atoms with E-state index in [1.54, 1.807) is 18.5 Å². The Hall–Kier alpha value is -2.43. The fourth-order valence-corrected chi connectivity index (χ4v) is 2.35. The minimum Gasteiger partial charge on any atom is -0.424 e. The molecule has 0 aliphatic carbocycles. The molecular formula is C18H16ClN3O. The van der Waals surface area contributed by atoms with E-state index in [2.05, 4.69) is 15.3 Å². The summed E-state index contributed by atoms with van der Waals surface area (Å²) in [4.78, 5) is 8.10. The van der Waals surface area contributed by atoms with Crippen LogP contribution in [-0.4, -0.2) is 9.97 Å². The quantitative estimate of drug-likeness (QED) is 0.737. The summed E-state index contributed by atoms with van der Waals surface area (Å²) in [5.41, 5.74) is 2.20. The van der Waals surface area contributed by atoms with E-state index in [4.69, 9.17) is 16.3 Å². The Labute approximate surface area is 140 Å². The van der Waals surface area contributed by atoms with Crippen LogP contribution in [0.5, 0.6) is 11.8 Å². The third kappa shape index (κ3) is 4.52. The van der Waals surface area contributed by atoms with E-state index in [1.165, 1.54) is 0 Å². The highest BCUT2D eigenvalue weighted by molar-refractivity contribution is 6.31. The van der Waals surface area contributed by atoms with Gasteiger partial charge in [0, 0.05) is 30.5 Å². The molecule has 0 saturated carbocycles. The molecule has 116 valence electrons. The zero-order valence-electron chi connectivity index (χ0n) is 12.4. The van der Waals surface area contributed by atoms with Gasteiger partial charge in [0.25, 0.3) is 0 Å². The van der Waals surface area contributed by atoms with Crippen molar-refractivity contribution in [1.29, 1.82) is 0 Å². The van der Waals surface area contributed by atoms with E-state index in [0.29, 0.717) is 18.3 Å². The van der Waals surface area contributed by atoms with Gasteiger partial charge in [-0.1, -0.05) is 41.9 Å². The molecule has 4 nitrogen and oxygen atoms in total. The van der Waals surface area contributed by atoms with Crippen LogP contribution in [0.2, 0.25) is 5.02 Å². The maximum absolute atomic E-state index is 6.15. The topological polar surface area (TPSA) is 47.0 Å². The highest BCUT2D eigenvalue weighted by atomic mass is 35.5. The van der Waals surface area contributed by atoms with Crippen molar-refractivity contribution in [3.8, 4) is 11.8 Å². The molecule has 0 unspecified atom stereocenters. The lowest BCUT2D eigenvalue weighted by atomic mass is 10.2. The number of hydrogen-bond donors (Lipinski definition) is 1. The highest BCUT2D eigenvalue weighted by Gasteiger charge is 2.02. The van der Waals surface area contributed by atoms with Gasteiger partial charge in [-0.3, -0.25) is 0 Å². The maximum Gasteiger partial charge on any atom is 0.321 e. The first-order valence-electron chi connectivity index (χ1n) is 7.29. The van der Waals surface area contributed by atoms with Crippen LogP contribution in [0, 0.1) is 0 Å². The van der Waals surface area contributed by atoms with Gasteiger partial charge < -0.3 is 10.1 Å². The van der Waals surface area contributed by atoms with Crippen LogP contribution in [0.15, 0.2) is 67.0 Å². The van der Waals surface area contributed by atoms with Crippen LogP contribution < -0.4 is 10.1 Å². The summed E-state index contributed by atoms with van der Waals surface area (Å²) in [6, 6.07) is 17.8. The number of ether oxygens (including phenoxy) is 1. The monoisotopic (exact) mass is 325 g/mol. The Kier molecular flexibility index (Phi) is 5.19. The second-order valence-electron chi connectivity index (χ2n) is 4.98. The van der Waals surface area contributed by atoms with Crippen LogP contribution >= 0.6 is 11.6 Å². The van der Waals surface area contributed by atoms with Crippen molar-refractivity contribution in [1.82, 2.24) is 15.3 Å². The number of halogens is 1. The number of benzene rings is 2. The van der Waals surface area contributed by atoms with Crippen molar-refractivity contribution < 1.29 is 4.74 Å². The smallest absolute Gasteiger partial charge is 0.321 e. The number of hydrogen-bond acceptors (Lipinski definition) is 4. The van der Waals surface area contributed by atoms with Gasteiger partial charge in [0.1, 0.15) is 5.75 Å². The van der Waals surface area contributed by atoms with Crippen molar-refractivity contribution in [2.24, 2.45) is 0 Å². The van der Waals surface area contributed by atoms with Gasteiger partial charge in [-0.05, 0) is 35.4 Å². The first kappa shape index (κ1) is 15.5. The van der Waals surface area contributed by atoms with Gasteiger partial charge in [0.05, 0.1) is 0 Å². The van der Waals surface area contributed by atoms with Crippen molar-refractivity contribution in [3.63, 3.8) is 0 Å². The van der Waals surface area contributed by atoms with Crippen LogP contribution in [0.4, 0.5) is 0 Å². The highest BCUT2D eigenvalue weighted by Crippen LogP contribution is 2.19. The van der Waals surface area contributed by atoms with Crippen molar-refractivity contribution in [2.75, 3.05) is 0 Å². The molecule has 23 heavy (non-hydrogen) atoms. The standard InChI is InChI=1S/C18H16ClN3O/c19-17-8-2-1-6-15(17)13-20-12-14-5-3-7-16(11-14)23-18-21-9-4-10-22-18/h1-11,20H,12-13H2. The Bertz CT molecular complexity index is 765. The molecule has 2 aromatic carbocycles. The van der Waals surface area contributed by atoms with Gasteiger partial charge in [0.2, 0.25) is 0 Å². The third-order valence-corrected chi connectivity index (χ3v) is 3.62. The maximum atomic E-state index is 6.15. The second kappa shape index (κ2) is 7.72. The van der Waals surface area contributed by atoms with E-state index in [1.807, 2.05) is 48.5 Å². The van der Waals surface area contributed by atoms with Crippen LogP contribution in [0.25, 0.3) is 0 Å². The Morgan fingerprint density at radius 2 is 1.74 bits per heavy atom. The normalized spacial score (nSPS) is 10.5. The first-order valence-corrected chi connectivity index (χ1v) is 7.67. The lowest BCUT2D eigenvalue weighted by molar-refractivity contribution is 0.441. The van der Waals surface area contributed by atoms with E-state index in [0.717, 1.165) is 22.7 Å². The Morgan fingerprint density at radius 1 is 0.913 bits per heavy atom. The van der Waals surface area contributed by atoms with Crippen LogP contribution in [0.3, 0.4) is 0 Å². The van der Waals surface area contributed by atoms with Crippen molar-refractivity contribution >= 4 is 11.6 Å². The van der Waals surface area contributed by atoms with Gasteiger partial charge in [-0.25, -0.2) is 9.97 Å². The number of nitrogens with one attached hydrogen (secondary N) is 1. The van der Waals surface area contributed by atoms with Crippen molar-refractivity contribution in [3.05, 3.63) is 83.1 Å². The molecule has 1 aromatic heterocycles. The molecule has 0 aliphatic heterocycles. The Balaban J connectivity index is 1.58. The largest absolute Gasteiger partial charge is 0.424 e. The van der Waals surface area contributed by atoms with E-state index < -0.39 is 0 Å². The molecule has 3 aromatic rings. The lowest BCUT2D eigenvalue weighted by Crippen LogP contribution is -2.12. The van der Waals surface area contributed by atoms with Crippen molar-refractivity contribution in [2.45, 2.75) is 13.1 Å². The summed E-state index contributed by atoms with van der Waals surface area (Å²) < 4.78 is 5.63. The van der Waals surface area contributed by atoms with Gasteiger partial charge in [-0.15, -0.1) is 0 Å². The number of nitrogens with zero attached hydrogens (tertiary/aromatic N) is 2. The van der Waals surface area contributed by atoms with Gasteiger partial charge in [0.15, 0.2) is 0 Å². The van der Waals surface area contributed by atoms with Crippen LogP contribution in [-0.2, 0) is 13.1 Å². The average molecular weight is 326 g/mol. The first-order chi connectivity index (χ1) is 11.3. The Morgan fingerprint density at radius 3 is 2.57 bits per heavy atom. The van der Waals surface area contributed by atoms with E-state index in [9.17, 15) is 0 Å². The summed E-state index contributed by atoms with van der Waals surface area (Å²) in [7, 11) is 0. The molecule has 0 saturated heterocycles. The predicted molar refractivity (Wildman–Crippen MR) is 90.5 cm³/mol. The lowest BCUT2D eigenvalue weighted by Gasteiger charge is -2.08. The minimum atomic E-state index is 0.341. The molecule has 0 bridgehead atoms. The SMILES string of the molecule is Clc1ccccc1CNCc1cccc(Oc2ncccn2)c1. The third-order valence-electron chi connectivity index (χ3n) is 3.25. The minimum absolute atomic E-state index is 0.341. The molecule has 0 fully saturated rings. The summed E-state index contributed by atoms with van der Waals surface area (Å²) in [5, 5.41) is 4.15. The van der Waals surface area contributed by atoms with Crippen LogP contribution in [0.1, 0.15) is 11.1 Å². The second-order valence-corrected chi connectivity index (χ2v) is 5.38. The fraction of sp³-hybridized carbons (Fsp3) is 0.111. The molecule has 0 aliphatic rings. The molecule has 5 heteroatoms. The predicted octanol–water partition coefficient (Wildman–Crippen LogP) is 4.21. The summed E-state index contributed by atoms with van der Waals surface area (Å²) >= 11 is 6.15. The molecule has 3 rings (SSSR count). The fourth-order valence-electron chi connectivity index (χ4n) is 2.15. The molecule has 0 atom stereocenters. The zero-order chi connectivity index (χ0) is 15.9. The summed E-state index contributed by atoms with van der Waals surface area (Å²) in [6.45, 7) is 1.44. The van der Waals surface area contributed by atoms with Gasteiger partial charge >= 0.3 is 6.01 Å². The van der Waals surface area contributed by atoms with E-state index in [-0.39, 0.29) is 0 Å². The molecular weight excluding hydrogens is 310 g/mol. The van der Waals surface area contributed by atoms with Gasteiger partial charge in [-0.2, -0.15) is 0 Å². The molecule has 0 spiro atoms.